The summed E-state index contributed by atoms with van der Waals surface area (Å²) in [6, 6.07) is 7.65. The summed E-state index contributed by atoms with van der Waals surface area (Å²) >= 11 is 0. The van der Waals surface area contributed by atoms with Crippen LogP contribution in [0.2, 0.25) is 0 Å². The number of nitrogens with zero attached hydrogens (tertiary/aromatic N) is 3. The van der Waals surface area contributed by atoms with E-state index in [0.717, 1.165) is 30.2 Å². The smallest absolute Gasteiger partial charge is 0.252 e. The monoisotopic (exact) mass is 297 g/mol. The molecule has 0 fully saturated rings. The number of aromatic nitrogens is 1. The van der Waals surface area contributed by atoms with Gasteiger partial charge in [-0.05, 0) is 38.2 Å². The zero-order valence-electron chi connectivity index (χ0n) is 12.8. The van der Waals surface area contributed by atoms with Crippen molar-refractivity contribution < 1.29 is 9.21 Å². The predicted octanol–water partition coefficient (Wildman–Crippen LogP) is 2.47. The molecule has 2 aromatic rings. The number of carbonyl (C=O) groups is 1. The highest BCUT2D eigenvalue weighted by Crippen LogP contribution is 2.22. The van der Waals surface area contributed by atoms with Gasteiger partial charge in [-0.25, -0.2) is 4.98 Å². The second-order valence-corrected chi connectivity index (χ2v) is 5.50. The lowest BCUT2D eigenvalue weighted by Crippen LogP contribution is -2.34. The lowest BCUT2D eigenvalue weighted by Gasteiger charge is -2.19. The van der Waals surface area contributed by atoms with E-state index >= 15 is 0 Å². The highest BCUT2D eigenvalue weighted by atomic mass is 16.3. The van der Waals surface area contributed by atoms with Crippen molar-refractivity contribution in [2.45, 2.75) is 13.5 Å². The largest absolute Gasteiger partial charge is 0.462 e. The van der Waals surface area contributed by atoms with E-state index in [4.69, 9.17) is 4.42 Å². The van der Waals surface area contributed by atoms with Gasteiger partial charge in [-0.2, -0.15) is 0 Å². The molecule has 5 heteroatoms. The van der Waals surface area contributed by atoms with Gasteiger partial charge in [-0.15, -0.1) is 0 Å². The van der Waals surface area contributed by atoms with E-state index in [0.29, 0.717) is 12.3 Å². The van der Waals surface area contributed by atoms with Crippen molar-refractivity contribution in [2.24, 2.45) is 0 Å². The van der Waals surface area contributed by atoms with Gasteiger partial charge >= 0.3 is 0 Å². The molecule has 0 saturated carbocycles. The minimum Gasteiger partial charge on any atom is -0.462 e. The normalized spacial score (nSPS) is 15.8. The number of anilines is 1. The average molecular weight is 297 g/mol. The maximum Gasteiger partial charge on any atom is 0.252 e. The maximum atomic E-state index is 12.5. The summed E-state index contributed by atoms with van der Waals surface area (Å²) in [6.45, 7) is 4.12. The molecule has 0 unspecified atom stereocenters. The zero-order valence-corrected chi connectivity index (χ0v) is 12.8. The molecule has 1 aliphatic heterocycles. The summed E-state index contributed by atoms with van der Waals surface area (Å²) < 4.78 is 5.45. The van der Waals surface area contributed by atoms with Crippen LogP contribution in [0.25, 0.3) is 6.08 Å². The first-order chi connectivity index (χ1) is 10.6. The van der Waals surface area contributed by atoms with Crippen molar-refractivity contribution in [1.82, 2.24) is 9.88 Å². The molecular formula is C17H19N3O2. The molecule has 5 nitrogen and oxygen atoms in total. The van der Waals surface area contributed by atoms with E-state index < -0.39 is 0 Å². The Hall–Kier alpha value is -2.40. The third-order valence-corrected chi connectivity index (χ3v) is 3.69. The Morgan fingerprint density at radius 2 is 2.18 bits per heavy atom. The van der Waals surface area contributed by atoms with Crippen LogP contribution in [-0.4, -0.2) is 35.9 Å². The van der Waals surface area contributed by atoms with Crippen LogP contribution in [0.5, 0.6) is 0 Å². The Kier molecular flexibility index (Phi) is 4.06. The fourth-order valence-corrected chi connectivity index (χ4v) is 2.54. The molecule has 0 aromatic carbocycles. The van der Waals surface area contributed by atoms with Crippen LogP contribution in [0.15, 0.2) is 41.0 Å². The van der Waals surface area contributed by atoms with Crippen LogP contribution in [0, 0.1) is 6.92 Å². The lowest BCUT2D eigenvalue weighted by molar-refractivity contribution is -0.114. The quantitative estimate of drug-likeness (QED) is 0.799. The molecule has 3 heterocycles. The van der Waals surface area contributed by atoms with Crippen molar-refractivity contribution in [2.75, 3.05) is 25.0 Å². The third-order valence-electron chi connectivity index (χ3n) is 3.69. The topological polar surface area (TPSA) is 49.6 Å². The highest BCUT2D eigenvalue weighted by Gasteiger charge is 2.22. The van der Waals surface area contributed by atoms with Gasteiger partial charge in [-0.1, -0.05) is 6.07 Å². The predicted molar refractivity (Wildman–Crippen MR) is 85.4 cm³/mol. The minimum absolute atomic E-state index is 0.0793. The first-order valence-corrected chi connectivity index (χ1v) is 7.32. The molecule has 0 atom stereocenters. The summed E-state index contributed by atoms with van der Waals surface area (Å²) in [7, 11) is 2.05. The maximum absolute atomic E-state index is 12.5. The fourth-order valence-electron chi connectivity index (χ4n) is 2.54. The van der Waals surface area contributed by atoms with Crippen LogP contribution in [-0.2, 0) is 11.3 Å². The molecule has 0 aliphatic carbocycles. The van der Waals surface area contributed by atoms with Crippen molar-refractivity contribution in [3.05, 3.63) is 53.6 Å². The Labute approximate surface area is 129 Å². The molecule has 1 aliphatic rings. The van der Waals surface area contributed by atoms with Crippen LogP contribution in [0.3, 0.4) is 0 Å². The molecule has 3 rings (SSSR count). The molecule has 0 saturated heterocycles. The van der Waals surface area contributed by atoms with Gasteiger partial charge in [0, 0.05) is 37.5 Å². The number of furan rings is 1. The molecular weight excluding hydrogens is 278 g/mol. The van der Waals surface area contributed by atoms with Crippen molar-refractivity contribution in [1.29, 1.82) is 0 Å². The van der Waals surface area contributed by atoms with Crippen molar-refractivity contribution in [3.8, 4) is 0 Å². The number of pyridine rings is 1. The fraction of sp³-hybridized carbons (Fsp3) is 0.294. The lowest BCUT2D eigenvalue weighted by atomic mass is 10.2. The van der Waals surface area contributed by atoms with Crippen molar-refractivity contribution >= 4 is 17.8 Å². The van der Waals surface area contributed by atoms with Gasteiger partial charge in [0.2, 0.25) is 0 Å². The van der Waals surface area contributed by atoms with Crippen LogP contribution in [0.1, 0.15) is 17.1 Å². The van der Waals surface area contributed by atoms with Crippen LogP contribution in [0.4, 0.5) is 5.82 Å². The Bertz CT molecular complexity index is 705. The SMILES string of the molecule is Cc1ccc(/C=C/C(=O)N2CCN(C)Cc3cccnc32)o1. The number of amides is 1. The van der Waals surface area contributed by atoms with Gasteiger partial charge in [0.05, 0.1) is 0 Å². The standard InChI is InChI=1S/C17H19N3O2/c1-13-5-6-15(22-13)7-8-16(21)20-11-10-19(2)12-14-4-3-9-18-17(14)20/h3-9H,10-12H2,1-2H3/b8-7+. The van der Waals surface area contributed by atoms with Gasteiger partial charge in [0.1, 0.15) is 17.3 Å². The summed E-state index contributed by atoms with van der Waals surface area (Å²) in [5.41, 5.74) is 1.07. The van der Waals surface area contributed by atoms with Crippen LogP contribution < -0.4 is 4.90 Å². The van der Waals surface area contributed by atoms with Gasteiger partial charge in [0.25, 0.3) is 5.91 Å². The van der Waals surface area contributed by atoms with Crippen molar-refractivity contribution in [3.63, 3.8) is 0 Å². The molecule has 0 bridgehead atoms. The molecule has 22 heavy (non-hydrogen) atoms. The van der Waals surface area contributed by atoms with E-state index in [1.807, 2.05) is 38.2 Å². The van der Waals surface area contributed by atoms with Gasteiger partial charge in [-0.3, -0.25) is 9.69 Å². The Balaban J connectivity index is 1.84. The molecule has 114 valence electrons. The second-order valence-electron chi connectivity index (χ2n) is 5.50. The molecule has 0 spiro atoms. The zero-order chi connectivity index (χ0) is 15.5. The molecule has 0 N–H and O–H groups in total. The number of carbonyl (C=O) groups excluding carboxylic acids is 1. The van der Waals surface area contributed by atoms with Gasteiger partial charge in [0.15, 0.2) is 0 Å². The van der Waals surface area contributed by atoms with Crippen LogP contribution >= 0.6 is 0 Å². The molecule has 2 aromatic heterocycles. The summed E-state index contributed by atoms with van der Waals surface area (Å²) in [5.74, 6) is 2.18. The van der Waals surface area contributed by atoms with E-state index in [1.165, 1.54) is 0 Å². The summed E-state index contributed by atoms with van der Waals surface area (Å²) in [4.78, 5) is 20.9. The van der Waals surface area contributed by atoms with Gasteiger partial charge < -0.3 is 9.32 Å². The summed E-state index contributed by atoms with van der Waals surface area (Å²) in [6.07, 6.45) is 4.97. The third kappa shape index (κ3) is 3.09. The minimum atomic E-state index is -0.0793. The first-order valence-electron chi connectivity index (χ1n) is 7.32. The van der Waals surface area contributed by atoms with E-state index in [2.05, 4.69) is 9.88 Å². The number of fused-ring (bicyclic) bond motifs is 1. The Morgan fingerprint density at radius 3 is 2.95 bits per heavy atom. The van der Waals surface area contributed by atoms with E-state index in [1.54, 1.807) is 23.2 Å². The Morgan fingerprint density at radius 1 is 1.32 bits per heavy atom. The number of rotatable bonds is 2. The number of aryl methyl sites for hydroxylation is 1. The van der Waals surface area contributed by atoms with E-state index in [-0.39, 0.29) is 5.91 Å². The molecule has 0 radical (unpaired) electrons. The number of hydrogen-bond acceptors (Lipinski definition) is 4. The highest BCUT2D eigenvalue weighted by molar-refractivity contribution is 6.03. The van der Waals surface area contributed by atoms with E-state index in [9.17, 15) is 4.79 Å². The number of likely N-dealkylation sites (N-methyl/N-ethyl adjacent to an activating group) is 1. The second kappa shape index (κ2) is 6.15. The first kappa shape index (κ1) is 14.5. The summed E-state index contributed by atoms with van der Waals surface area (Å²) in [5, 5.41) is 0. The number of hydrogen-bond donors (Lipinski definition) is 0. The average Bonchev–Trinajstić information content (AvgIpc) is 2.84. The molecule has 1 amide bonds.